The lowest BCUT2D eigenvalue weighted by Gasteiger charge is -2.33. The van der Waals surface area contributed by atoms with Crippen LogP contribution in [-0.2, 0) is 23.9 Å². The van der Waals surface area contributed by atoms with E-state index in [1.165, 1.54) is 26.4 Å². The van der Waals surface area contributed by atoms with Crippen LogP contribution in [0.15, 0.2) is 85.2 Å². The Bertz CT molecular complexity index is 2340. The Labute approximate surface area is 385 Å². The Balaban J connectivity index is 0.975. The number of carbonyl (C=O) groups is 4. The number of anilines is 1. The first kappa shape index (κ1) is 46.0. The predicted octanol–water partition coefficient (Wildman–Crippen LogP) is 9.23. The average molecular weight is 901 g/mol. The number of amides is 3. The lowest BCUT2D eigenvalue weighted by molar-refractivity contribution is -0.148. The zero-order chi connectivity index (χ0) is 46.6. The largest absolute Gasteiger partial charge is 0.469 e. The van der Waals surface area contributed by atoms with Gasteiger partial charge in [0.2, 0.25) is 11.8 Å². The first-order valence-corrected chi connectivity index (χ1v) is 23.2. The summed E-state index contributed by atoms with van der Waals surface area (Å²) in [4.78, 5) is 74.2. The summed E-state index contributed by atoms with van der Waals surface area (Å²) >= 11 is 0. The molecule has 0 unspecified atom stereocenters. The van der Waals surface area contributed by atoms with E-state index in [4.69, 9.17) is 19.4 Å². The highest BCUT2D eigenvalue weighted by molar-refractivity contribution is 5.86. The van der Waals surface area contributed by atoms with E-state index in [0.29, 0.717) is 18.9 Å². The maximum atomic E-state index is 14.3. The predicted molar refractivity (Wildman–Crippen MR) is 248 cm³/mol. The van der Waals surface area contributed by atoms with Gasteiger partial charge >= 0.3 is 12.1 Å². The monoisotopic (exact) mass is 900 g/mol. The minimum atomic E-state index is -0.709. The number of likely N-dealkylation sites (tertiary alicyclic amines) is 2. The van der Waals surface area contributed by atoms with Crippen LogP contribution in [0.4, 0.5) is 14.9 Å². The Morgan fingerprint density at radius 1 is 0.667 bits per heavy atom. The van der Waals surface area contributed by atoms with Gasteiger partial charge in [0.05, 0.1) is 74.5 Å². The van der Waals surface area contributed by atoms with Crippen molar-refractivity contribution in [3.8, 4) is 22.5 Å². The van der Waals surface area contributed by atoms with Crippen LogP contribution in [0.25, 0.3) is 22.5 Å². The molecule has 2 aromatic heterocycles. The quantitative estimate of drug-likeness (QED) is 0.0922. The van der Waals surface area contributed by atoms with Crippen molar-refractivity contribution in [1.29, 1.82) is 0 Å². The van der Waals surface area contributed by atoms with Crippen LogP contribution in [0.2, 0.25) is 0 Å². The molecule has 0 saturated carbocycles. The van der Waals surface area contributed by atoms with Gasteiger partial charge in [-0.05, 0) is 96.9 Å². The van der Waals surface area contributed by atoms with Gasteiger partial charge in [-0.25, -0.2) is 19.2 Å². The molecule has 3 fully saturated rings. The number of halogens is 1. The molecule has 15 heteroatoms. The summed E-state index contributed by atoms with van der Waals surface area (Å²) in [5.41, 5.74) is 6.86. The Morgan fingerprint density at radius 2 is 1.17 bits per heavy atom. The van der Waals surface area contributed by atoms with Crippen molar-refractivity contribution < 1.29 is 33.0 Å². The Morgan fingerprint density at radius 3 is 1.62 bits per heavy atom. The number of aromatic nitrogens is 4. The molecule has 0 bridgehead atoms. The minimum Gasteiger partial charge on any atom is -0.469 e. The molecule has 3 aliphatic heterocycles. The normalized spacial score (nSPS) is 20.5. The maximum absolute atomic E-state index is 14.3. The van der Waals surface area contributed by atoms with E-state index in [0.717, 1.165) is 83.7 Å². The Kier molecular flexibility index (Phi) is 13.9. The van der Waals surface area contributed by atoms with Crippen molar-refractivity contribution in [2.24, 2.45) is 17.8 Å². The van der Waals surface area contributed by atoms with E-state index in [9.17, 15) is 23.6 Å². The third-order valence-electron chi connectivity index (χ3n) is 13.7. The molecular formula is C51H61FN8O6. The number of carbonyl (C=O) groups excluding carboxylic acids is 4. The summed E-state index contributed by atoms with van der Waals surface area (Å²) in [7, 11) is 2.64. The number of alkyl carbamates (subject to hydrolysis) is 1. The number of methoxy groups -OCH3 is 2. The fourth-order valence-corrected chi connectivity index (χ4v) is 10.1. The molecule has 3 saturated heterocycles. The average Bonchev–Trinajstić information content (AvgIpc) is 4.19. The second kappa shape index (κ2) is 19.9. The van der Waals surface area contributed by atoms with E-state index >= 15 is 0 Å². The molecule has 348 valence electrons. The number of nitrogens with zero attached hydrogens (tertiary/aromatic N) is 5. The molecule has 3 aliphatic rings. The van der Waals surface area contributed by atoms with Gasteiger partial charge in [0.25, 0.3) is 0 Å². The smallest absolute Gasteiger partial charge is 0.407 e. The molecule has 0 spiro atoms. The molecule has 5 aromatic rings. The maximum Gasteiger partial charge on any atom is 0.407 e. The van der Waals surface area contributed by atoms with E-state index in [2.05, 4.69) is 68.7 Å². The summed E-state index contributed by atoms with van der Waals surface area (Å²) in [5.74, 6) is -0.0182. The van der Waals surface area contributed by atoms with E-state index < -0.39 is 18.1 Å². The Hall–Kier alpha value is -6.51. The number of imidazole rings is 2. The molecule has 66 heavy (non-hydrogen) atoms. The molecule has 8 rings (SSSR count). The fraction of sp³-hybridized carbons (Fsp3) is 0.451. The van der Waals surface area contributed by atoms with Gasteiger partial charge in [0, 0.05) is 18.8 Å². The van der Waals surface area contributed by atoms with Crippen molar-refractivity contribution in [3.05, 3.63) is 114 Å². The van der Waals surface area contributed by atoms with E-state index in [1.54, 1.807) is 0 Å². The van der Waals surface area contributed by atoms with Crippen molar-refractivity contribution in [3.63, 3.8) is 0 Å². The number of hydrogen-bond donors (Lipinski definition) is 3. The van der Waals surface area contributed by atoms with E-state index in [1.807, 2.05) is 62.0 Å². The first-order chi connectivity index (χ1) is 31.8. The molecular weight excluding hydrogens is 840 g/mol. The summed E-state index contributed by atoms with van der Waals surface area (Å²) in [6.07, 6.45) is 8.08. The summed E-state index contributed by atoms with van der Waals surface area (Å²) < 4.78 is 24.0. The van der Waals surface area contributed by atoms with Crippen LogP contribution in [0.5, 0.6) is 0 Å². The van der Waals surface area contributed by atoms with Gasteiger partial charge in [-0.1, -0.05) is 76.2 Å². The molecule has 0 radical (unpaired) electrons. The van der Waals surface area contributed by atoms with Crippen molar-refractivity contribution in [1.82, 2.24) is 35.1 Å². The highest BCUT2D eigenvalue weighted by Crippen LogP contribution is 2.47. The van der Waals surface area contributed by atoms with Gasteiger partial charge in [0.1, 0.15) is 23.5 Å². The van der Waals surface area contributed by atoms with Crippen LogP contribution in [-0.4, -0.2) is 87.0 Å². The zero-order valence-corrected chi connectivity index (χ0v) is 38.6. The zero-order valence-electron chi connectivity index (χ0n) is 38.6. The van der Waals surface area contributed by atoms with Crippen molar-refractivity contribution in [2.75, 3.05) is 32.2 Å². The van der Waals surface area contributed by atoms with Crippen LogP contribution in [0.1, 0.15) is 120 Å². The molecule has 3 N–H and O–H groups in total. The number of H-pyrrole nitrogens is 2. The van der Waals surface area contributed by atoms with Crippen molar-refractivity contribution in [2.45, 2.75) is 103 Å². The van der Waals surface area contributed by atoms with Gasteiger partial charge < -0.3 is 39.5 Å². The molecule has 14 nitrogen and oxygen atoms in total. The third-order valence-corrected chi connectivity index (χ3v) is 13.7. The number of rotatable bonds is 14. The summed E-state index contributed by atoms with van der Waals surface area (Å²) in [5, 5.41) is 2.71. The number of esters is 1. The van der Waals surface area contributed by atoms with Gasteiger partial charge in [-0.15, -0.1) is 0 Å². The standard InChI is InChI=1S/C51H61FN8O6/c1-30(2)38(27-45(61)65-5)49(62)58-25-7-9-43(58)47-53-28-39(55-47)32-11-15-34(16-12-32)41-23-24-42(60(41)37-21-19-36(52)20-22-37)35-17-13-33(14-18-35)40-29-54-48(56-40)44-10-8-26-59(44)50(63)46(31(3)4)57-51(64)66-6/h11-22,28-31,38,41-44,46H,7-10,23-27H2,1-6H3,(H,53,55)(H,54,56)(H,57,64)/t38-,41+,42-,43-,44-,46-/m0/s1. The van der Waals surface area contributed by atoms with Gasteiger partial charge in [-0.3, -0.25) is 14.4 Å². The highest BCUT2D eigenvalue weighted by atomic mass is 19.1. The minimum absolute atomic E-state index is 0.0140. The topological polar surface area (TPSA) is 166 Å². The van der Waals surface area contributed by atoms with Crippen LogP contribution >= 0.6 is 0 Å². The third kappa shape index (κ3) is 9.57. The molecule has 6 atom stereocenters. The van der Waals surface area contributed by atoms with E-state index in [-0.39, 0.29) is 66.0 Å². The summed E-state index contributed by atoms with van der Waals surface area (Å²) in [6.45, 7) is 8.91. The lowest BCUT2D eigenvalue weighted by atomic mass is 9.91. The van der Waals surface area contributed by atoms with Gasteiger partial charge in [-0.2, -0.15) is 0 Å². The highest BCUT2D eigenvalue weighted by Gasteiger charge is 2.40. The first-order valence-electron chi connectivity index (χ1n) is 23.2. The summed E-state index contributed by atoms with van der Waals surface area (Å²) in [6, 6.07) is 22.6. The SMILES string of the molecule is COC(=O)C[C@H](C(=O)N1CCC[C@H]1c1ncc(-c2ccc([C@H]3CC[C@@H](c4ccc(-c5cnc([C@@H]6CCCN6C(=O)[C@@H](NC(=O)OC)C(C)C)[nH]5)cc4)N3c3ccc(F)cc3)cc2)[nH]1)C(C)C. The number of hydrogen-bond acceptors (Lipinski definition) is 9. The number of aromatic amines is 2. The fourth-order valence-electron chi connectivity index (χ4n) is 10.1. The number of ether oxygens (including phenoxy) is 2. The lowest BCUT2D eigenvalue weighted by Crippen LogP contribution is -2.51. The number of benzene rings is 3. The second-order valence-corrected chi connectivity index (χ2v) is 18.5. The molecule has 3 aromatic carbocycles. The molecule has 3 amide bonds. The number of nitrogens with one attached hydrogen (secondary N) is 3. The molecule has 0 aliphatic carbocycles. The van der Waals surface area contributed by atoms with Gasteiger partial charge in [0.15, 0.2) is 0 Å². The van der Waals surface area contributed by atoms with Crippen LogP contribution < -0.4 is 10.2 Å². The van der Waals surface area contributed by atoms with Crippen molar-refractivity contribution >= 4 is 29.6 Å². The second-order valence-electron chi connectivity index (χ2n) is 18.5. The van der Waals surface area contributed by atoms with Crippen LogP contribution in [0.3, 0.4) is 0 Å². The molecule has 5 heterocycles. The van der Waals surface area contributed by atoms with Crippen LogP contribution in [0, 0.1) is 23.6 Å².